The second-order valence-corrected chi connectivity index (χ2v) is 10.8. The van der Waals surface area contributed by atoms with Crippen molar-refractivity contribution in [2.24, 2.45) is 0 Å². The summed E-state index contributed by atoms with van der Waals surface area (Å²) in [5, 5.41) is 0.578. The average Bonchev–Trinajstić information content (AvgIpc) is 3.22. The van der Waals surface area contributed by atoms with Gasteiger partial charge in [-0.1, -0.05) is 30.4 Å². The van der Waals surface area contributed by atoms with Crippen molar-refractivity contribution < 1.29 is 13.2 Å². The van der Waals surface area contributed by atoms with E-state index in [0.29, 0.717) is 10.7 Å². The first-order valence-electron chi connectivity index (χ1n) is 10.2. The van der Waals surface area contributed by atoms with Gasteiger partial charge in [-0.15, -0.1) is 0 Å². The zero-order chi connectivity index (χ0) is 22.9. The number of sulfone groups is 1. The molecule has 0 bridgehead atoms. The number of rotatable bonds is 6. The Kier molecular flexibility index (Phi) is 6.08. The van der Waals surface area contributed by atoms with Crippen molar-refractivity contribution in [3.8, 4) is 0 Å². The number of nitrogens with zero attached hydrogens (tertiary/aromatic N) is 3. The van der Waals surface area contributed by atoms with Crippen LogP contribution in [0.25, 0.3) is 10.2 Å². The largest absolute Gasteiger partial charge is 0.278 e. The van der Waals surface area contributed by atoms with E-state index in [1.165, 1.54) is 23.5 Å². The smallest absolute Gasteiger partial charge is 0.260 e. The third kappa shape index (κ3) is 4.42. The number of aromatic nitrogens is 2. The Morgan fingerprint density at radius 3 is 2.47 bits per heavy atom. The van der Waals surface area contributed by atoms with Crippen molar-refractivity contribution in [1.82, 2.24) is 9.97 Å². The highest BCUT2D eigenvalue weighted by atomic mass is 32.2. The quantitative estimate of drug-likeness (QED) is 0.403. The molecular weight excluding hydrogens is 442 g/mol. The number of amides is 1. The van der Waals surface area contributed by atoms with Crippen LogP contribution < -0.4 is 4.90 Å². The number of carbonyl (C=O) groups is 1. The van der Waals surface area contributed by atoms with Gasteiger partial charge in [0.05, 0.1) is 33.1 Å². The lowest BCUT2D eigenvalue weighted by Gasteiger charge is -2.19. The summed E-state index contributed by atoms with van der Waals surface area (Å²) in [6, 6.07) is 15.7. The Balaban J connectivity index is 1.76. The van der Waals surface area contributed by atoms with Crippen molar-refractivity contribution in [3.63, 3.8) is 0 Å². The summed E-state index contributed by atoms with van der Waals surface area (Å²) < 4.78 is 25.3. The van der Waals surface area contributed by atoms with Crippen LogP contribution in [0.5, 0.6) is 0 Å². The molecule has 0 atom stereocenters. The monoisotopic (exact) mass is 465 g/mol. The maximum atomic E-state index is 13.5. The van der Waals surface area contributed by atoms with Gasteiger partial charge in [-0.3, -0.25) is 14.7 Å². The molecule has 0 saturated carbocycles. The van der Waals surface area contributed by atoms with E-state index in [4.69, 9.17) is 4.98 Å². The lowest BCUT2D eigenvalue weighted by Crippen LogP contribution is -2.30. The number of carbonyl (C=O) groups excluding carboxylic acids is 1. The first kappa shape index (κ1) is 22.1. The van der Waals surface area contributed by atoms with Crippen molar-refractivity contribution in [2.45, 2.75) is 32.2 Å². The van der Waals surface area contributed by atoms with Gasteiger partial charge < -0.3 is 0 Å². The van der Waals surface area contributed by atoms with Crippen LogP contribution in [0.15, 0.2) is 65.7 Å². The highest BCUT2D eigenvalue weighted by Crippen LogP contribution is 2.33. The molecule has 2 aromatic heterocycles. The van der Waals surface area contributed by atoms with Crippen LogP contribution in [-0.2, 0) is 16.4 Å². The van der Waals surface area contributed by atoms with Crippen LogP contribution in [0.3, 0.4) is 0 Å². The minimum Gasteiger partial charge on any atom is -0.278 e. The zero-order valence-corrected chi connectivity index (χ0v) is 19.7. The summed E-state index contributed by atoms with van der Waals surface area (Å²) in [7, 11) is -3.33. The lowest BCUT2D eigenvalue weighted by atomic mass is 10.1. The molecule has 0 radical (unpaired) electrons. The molecule has 0 fully saturated rings. The van der Waals surface area contributed by atoms with Crippen LogP contribution in [0.1, 0.15) is 34.1 Å². The standard InChI is InChI=1S/C24H23N3O3S2/c1-4-32(29,30)20-10-8-18(9-11-20)23(28)27(15-19-7-5-6-12-25-19)24-26-21-14-16(2)13-17(3)22(21)31-24/h5-14H,4,15H2,1-3H3. The van der Waals surface area contributed by atoms with E-state index in [-0.39, 0.29) is 23.1 Å². The van der Waals surface area contributed by atoms with E-state index < -0.39 is 9.84 Å². The highest BCUT2D eigenvalue weighted by Gasteiger charge is 2.23. The Morgan fingerprint density at radius 2 is 1.81 bits per heavy atom. The normalized spacial score (nSPS) is 11.6. The summed E-state index contributed by atoms with van der Waals surface area (Å²) in [5.41, 5.74) is 4.21. The van der Waals surface area contributed by atoms with Gasteiger partial charge in [-0.2, -0.15) is 0 Å². The summed E-state index contributed by atoms with van der Waals surface area (Å²) >= 11 is 1.46. The van der Waals surface area contributed by atoms with E-state index in [9.17, 15) is 13.2 Å². The SMILES string of the molecule is CCS(=O)(=O)c1ccc(C(=O)N(Cc2ccccn2)c2nc3cc(C)cc(C)c3s2)cc1. The van der Waals surface area contributed by atoms with E-state index >= 15 is 0 Å². The molecule has 6 nitrogen and oxygen atoms in total. The average molecular weight is 466 g/mol. The molecule has 32 heavy (non-hydrogen) atoms. The number of hydrogen-bond donors (Lipinski definition) is 0. The maximum Gasteiger partial charge on any atom is 0.260 e. The summed E-state index contributed by atoms with van der Waals surface area (Å²) in [5.74, 6) is -0.249. The molecule has 2 aromatic carbocycles. The predicted molar refractivity (Wildman–Crippen MR) is 128 cm³/mol. The van der Waals surface area contributed by atoms with Gasteiger partial charge in [0.15, 0.2) is 15.0 Å². The Morgan fingerprint density at radius 1 is 1.06 bits per heavy atom. The minimum absolute atomic E-state index is 0.0105. The molecule has 0 aliphatic rings. The fraction of sp³-hybridized carbons (Fsp3) is 0.208. The first-order valence-corrected chi connectivity index (χ1v) is 12.7. The molecule has 4 aromatic rings. The Bertz CT molecular complexity index is 1380. The minimum atomic E-state index is -3.33. The van der Waals surface area contributed by atoms with Gasteiger partial charge in [0.25, 0.3) is 5.91 Å². The van der Waals surface area contributed by atoms with Crippen molar-refractivity contribution in [2.75, 3.05) is 10.7 Å². The molecule has 1 amide bonds. The van der Waals surface area contributed by atoms with Crippen LogP contribution >= 0.6 is 11.3 Å². The molecular formula is C24H23N3O3S2. The Hall–Kier alpha value is -3.10. The maximum absolute atomic E-state index is 13.5. The molecule has 0 aliphatic carbocycles. The second-order valence-electron chi connectivity index (χ2n) is 7.57. The molecule has 0 N–H and O–H groups in total. The van der Waals surface area contributed by atoms with E-state index in [1.807, 2.05) is 38.1 Å². The molecule has 0 unspecified atom stereocenters. The van der Waals surface area contributed by atoms with Crippen LogP contribution in [0.2, 0.25) is 0 Å². The number of benzene rings is 2. The third-order valence-corrected chi connectivity index (χ3v) is 8.15. The fourth-order valence-corrected chi connectivity index (χ4v) is 5.39. The fourth-order valence-electron chi connectivity index (χ4n) is 3.49. The number of anilines is 1. The van der Waals surface area contributed by atoms with Gasteiger partial charge >= 0.3 is 0 Å². The summed E-state index contributed by atoms with van der Waals surface area (Å²) in [6.45, 7) is 5.91. The molecule has 164 valence electrons. The van der Waals surface area contributed by atoms with Crippen LogP contribution in [0, 0.1) is 13.8 Å². The van der Waals surface area contributed by atoms with Gasteiger partial charge in [0, 0.05) is 11.8 Å². The highest BCUT2D eigenvalue weighted by molar-refractivity contribution is 7.91. The number of fused-ring (bicyclic) bond motifs is 1. The van der Waals surface area contributed by atoms with Gasteiger partial charge in [0.1, 0.15) is 0 Å². The van der Waals surface area contributed by atoms with Gasteiger partial charge in [-0.05, 0) is 67.4 Å². The number of pyridine rings is 1. The van der Waals surface area contributed by atoms with E-state index in [1.54, 1.807) is 30.2 Å². The van der Waals surface area contributed by atoms with Crippen LogP contribution in [-0.4, -0.2) is 30.0 Å². The van der Waals surface area contributed by atoms with Crippen molar-refractivity contribution in [1.29, 1.82) is 0 Å². The molecule has 0 saturated heterocycles. The first-order chi connectivity index (χ1) is 15.3. The molecule has 4 rings (SSSR count). The Labute approximate surface area is 191 Å². The topological polar surface area (TPSA) is 80.2 Å². The van der Waals surface area contributed by atoms with Gasteiger partial charge in [-0.25, -0.2) is 13.4 Å². The number of thiazole rings is 1. The lowest BCUT2D eigenvalue weighted by molar-refractivity contribution is 0.0984. The van der Waals surface area contributed by atoms with Crippen molar-refractivity contribution in [3.05, 3.63) is 83.2 Å². The van der Waals surface area contributed by atoms with E-state index in [2.05, 4.69) is 11.1 Å². The second kappa shape index (κ2) is 8.80. The zero-order valence-electron chi connectivity index (χ0n) is 18.1. The molecule has 0 spiro atoms. The predicted octanol–water partition coefficient (Wildman–Crippen LogP) is 4.95. The summed E-state index contributed by atoms with van der Waals surface area (Å²) in [4.78, 5) is 24.4. The third-order valence-electron chi connectivity index (χ3n) is 5.17. The van der Waals surface area contributed by atoms with Crippen LogP contribution in [0.4, 0.5) is 5.13 Å². The summed E-state index contributed by atoms with van der Waals surface area (Å²) in [6.07, 6.45) is 1.69. The molecule has 0 aliphatic heterocycles. The molecule has 8 heteroatoms. The molecule has 2 heterocycles. The number of aryl methyl sites for hydroxylation is 2. The van der Waals surface area contributed by atoms with E-state index in [0.717, 1.165) is 27.0 Å². The van der Waals surface area contributed by atoms with Gasteiger partial charge in [0.2, 0.25) is 0 Å². The number of hydrogen-bond acceptors (Lipinski definition) is 6. The van der Waals surface area contributed by atoms with Crippen molar-refractivity contribution >= 4 is 42.4 Å².